The average Bonchev–Trinajstić information content (AvgIpc) is 2.65. The lowest BCUT2D eigenvalue weighted by molar-refractivity contribution is -0.132. The highest BCUT2D eigenvalue weighted by atomic mass is 16.5. The number of carbonyl (C=O) groups is 2. The molecule has 1 saturated heterocycles. The summed E-state index contributed by atoms with van der Waals surface area (Å²) < 4.78 is 5.90. The Balaban J connectivity index is 1.95. The van der Waals surface area contributed by atoms with Crippen LogP contribution >= 0.6 is 0 Å². The summed E-state index contributed by atoms with van der Waals surface area (Å²) in [6.07, 6.45) is 2.06. The van der Waals surface area contributed by atoms with Crippen LogP contribution in [0.1, 0.15) is 50.9 Å². The lowest BCUT2D eigenvalue weighted by atomic mass is 10.0. The maximum absolute atomic E-state index is 13.4. The molecule has 1 aromatic carbocycles. The number of carbonyl (C=O) groups excluding carboxylic acids is 2. The second-order valence-electron chi connectivity index (χ2n) is 8.35. The molecule has 2 aliphatic rings. The number of piperidine rings is 1. The third kappa shape index (κ3) is 3.86. The minimum Gasteiger partial charge on any atom is -0.476 e. The van der Waals surface area contributed by atoms with E-state index in [9.17, 15) is 9.59 Å². The lowest BCUT2D eigenvalue weighted by Crippen LogP contribution is -2.54. The Hall–Kier alpha value is -2.12. The van der Waals surface area contributed by atoms with Crippen LogP contribution in [0.15, 0.2) is 18.2 Å². The van der Waals surface area contributed by atoms with E-state index < -0.39 is 5.60 Å². The van der Waals surface area contributed by atoms with E-state index in [2.05, 4.69) is 5.32 Å². The normalized spacial score (nSPS) is 21.3. The molecule has 0 unspecified atom stereocenters. The van der Waals surface area contributed by atoms with Gasteiger partial charge in [-0.1, -0.05) is 0 Å². The van der Waals surface area contributed by atoms with Crippen molar-refractivity contribution in [2.45, 2.75) is 58.2 Å². The van der Waals surface area contributed by atoms with Gasteiger partial charge >= 0.3 is 0 Å². The maximum atomic E-state index is 13.4. The molecule has 2 amide bonds. The standard InChI is InChI=1S/C21H32N4O3/c1-14(2)25(16-6-5-10-23-13-16)19(26)15-7-8-18-17(12-15)24(11-9-22)20(27)21(3,4)28-18/h7-8,12,14,16,23H,5-6,9-11,13,22H2,1-4H3/t16-/m1/s1. The average molecular weight is 389 g/mol. The second-order valence-corrected chi connectivity index (χ2v) is 8.35. The summed E-state index contributed by atoms with van der Waals surface area (Å²) in [5, 5.41) is 3.38. The van der Waals surface area contributed by atoms with E-state index in [0.717, 1.165) is 25.9 Å². The number of hydrogen-bond acceptors (Lipinski definition) is 5. The van der Waals surface area contributed by atoms with Crippen LogP contribution in [0.25, 0.3) is 0 Å². The number of nitrogens with one attached hydrogen (secondary N) is 1. The molecule has 0 spiro atoms. The second kappa shape index (κ2) is 8.09. The van der Waals surface area contributed by atoms with E-state index in [1.807, 2.05) is 18.7 Å². The Labute approximate surface area is 167 Å². The van der Waals surface area contributed by atoms with Gasteiger partial charge in [0.2, 0.25) is 0 Å². The van der Waals surface area contributed by atoms with Crippen LogP contribution in [0.3, 0.4) is 0 Å². The first kappa shape index (κ1) is 20.6. The fourth-order valence-electron chi connectivity index (χ4n) is 4.09. The number of ether oxygens (including phenoxy) is 1. The molecular weight excluding hydrogens is 356 g/mol. The Bertz CT molecular complexity index is 741. The molecule has 3 N–H and O–H groups in total. The first-order valence-electron chi connectivity index (χ1n) is 10.1. The Morgan fingerprint density at radius 3 is 2.79 bits per heavy atom. The van der Waals surface area contributed by atoms with Crippen LogP contribution in [0.4, 0.5) is 5.69 Å². The van der Waals surface area contributed by atoms with E-state index >= 15 is 0 Å². The molecule has 0 bridgehead atoms. The first-order chi connectivity index (χ1) is 13.3. The van der Waals surface area contributed by atoms with Crippen LogP contribution in [0.5, 0.6) is 5.75 Å². The van der Waals surface area contributed by atoms with E-state index in [1.54, 1.807) is 36.9 Å². The number of anilines is 1. The lowest BCUT2D eigenvalue weighted by Gasteiger charge is -2.40. The van der Waals surface area contributed by atoms with Crippen molar-refractivity contribution in [1.29, 1.82) is 0 Å². The zero-order valence-electron chi connectivity index (χ0n) is 17.3. The smallest absolute Gasteiger partial charge is 0.270 e. The SMILES string of the molecule is CC(C)N(C(=O)c1ccc2c(c1)N(CCN)C(=O)C(C)(C)O2)[C@@H]1CCCNC1. The number of hydrogen-bond donors (Lipinski definition) is 2. The van der Waals surface area contributed by atoms with Gasteiger partial charge in [0, 0.05) is 37.3 Å². The Morgan fingerprint density at radius 2 is 2.18 bits per heavy atom. The van der Waals surface area contributed by atoms with Gasteiger partial charge in [-0.2, -0.15) is 0 Å². The van der Waals surface area contributed by atoms with Crippen LogP contribution in [-0.2, 0) is 4.79 Å². The molecular formula is C21H32N4O3. The van der Waals surface area contributed by atoms with Crippen molar-refractivity contribution < 1.29 is 14.3 Å². The summed E-state index contributed by atoms with van der Waals surface area (Å²) in [4.78, 5) is 29.8. The summed E-state index contributed by atoms with van der Waals surface area (Å²) >= 11 is 0. The number of nitrogens with two attached hydrogens (primary N) is 1. The topological polar surface area (TPSA) is 87.9 Å². The molecule has 2 heterocycles. The summed E-state index contributed by atoms with van der Waals surface area (Å²) in [6.45, 7) is 10.1. The van der Waals surface area contributed by atoms with Crippen LogP contribution in [0, 0.1) is 0 Å². The third-order valence-corrected chi connectivity index (χ3v) is 5.43. The predicted molar refractivity (Wildman–Crippen MR) is 110 cm³/mol. The fourth-order valence-corrected chi connectivity index (χ4v) is 4.09. The van der Waals surface area contributed by atoms with Crippen molar-refractivity contribution in [3.63, 3.8) is 0 Å². The van der Waals surface area contributed by atoms with Gasteiger partial charge < -0.3 is 25.6 Å². The van der Waals surface area contributed by atoms with Gasteiger partial charge in [0.05, 0.1) is 5.69 Å². The third-order valence-electron chi connectivity index (χ3n) is 5.43. The van der Waals surface area contributed by atoms with Gasteiger partial charge in [-0.25, -0.2) is 0 Å². The summed E-state index contributed by atoms with van der Waals surface area (Å²) in [6, 6.07) is 5.61. The highest BCUT2D eigenvalue weighted by Crippen LogP contribution is 2.38. The van der Waals surface area contributed by atoms with Crippen molar-refractivity contribution in [3.05, 3.63) is 23.8 Å². The molecule has 1 atom stereocenters. The number of fused-ring (bicyclic) bond motifs is 1. The minimum absolute atomic E-state index is 0.0171. The summed E-state index contributed by atoms with van der Waals surface area (Å²) in [7, 11) is 0. The molecule has 7 nitrogen and oxygen atoms in total. The molecule has 0 radical (unpaired) electrons. The van der Waals surface area contributed by atoms with Gasteiger partial charge in [-0.05, 0) is 65.3 Å². The highest BCUT2D eigenvalue weighted by Gasteiger charge is 2.41. The number of benzene rings is 1. The quantitative estimate of drug-likeness (QED) is 0.802. The summed E-state index contributed by atoms with van der Waals surface area (Å²) in [5.41, 5.74) is 5.96. The molecule has 3 rings (SSSR count). The van der Waals surface area contributed by atoms with E-state index in [1.165, 1.54) is 0 Å². The molecule has 2 aliphatic heterocycles. The monoisotopic (exact) mass is 388 g/mol. The van der Waals surface area contributed by atoms with Gasteiger partial charge in [-0.15, -0.1) is 0 Å². The Morgan fingerprint density at radius 1 is 1.43 bits per heavy atom. The first-order valence-corrected chi connectivity index (χ1v) is 10.1. The maximum Gasteiger partial charge on any atom is 0.270 e. The molecule has 1 aromatic rings. The van der Waals surface area contributed by atoms with Crippen molar-refractivity contribution in [3.8, 4) is 5.75 Å². The molecule has 28 heavy (non-hydrogen) atoms. The fraction of sp³-hybridized carbons (Fsp3) is 0.619. The van der Waals surface area contributed by atoms with Crippen molar-refractivity contribution in [1.82, 2.24) is 10.2 Å². The number of nitrogens with zero attached hydrogens (tertiary/aromatic N) is 2. The Kier molecular flexibility index (Phi) is 5.95. The van der Waals surface area contributed by atoms with E-state index in [0.29, 0.717) is 30.1 Å². The number of amides is 2. The molecule has 154 valence electrons. The van der Waals surface area contributed by atoms with Gasteiger partial charge in [0.25, 0.3) is 11.8 Å². The van der Waals surface area contributed by atoms with Crippen LogP contribution < -0.4 is 20.7 Å². The van der Waals surface area contributed by atoms with Crippen molar-refractivity contribution in [2.24, 2.45) is 5.73 Å². The van der Waals surface area contributed by atoms with E-state index in [-0.39, 0.29) is 23.9 Å². The van der Waals surface area contributed by atoms with E-state index in [4.69, 9.17) is 10.5 Å². The van der Waals surface area contributed by atoms with Crippen LogP contribution in [-0.4, -0.2) is 60.6 Å². The number of rotatable bonds is 5. The van der Waals surface area contributed by atoms with Gasteiger partial charge in [0.15, 0.2) is 5.60 Å². The van der Waals surface area contributed by atoms with Gasteiger partial charge in [0.1, 0.15) is 5.75 Å². The van der Waals surface area contributed by atoms with Crippen molar-refractivity contribution in [2.75, 3.05) is 31.1 Å². The van der Waals surface area contributed by atoms with Crippen LogP contribution in [0.2, 0.25) is 0 Å². The largest absolute Gasteiger partial charge is 0.476 e. The molecule has 7 heteroatoms. The molecule has 1 fully saturated rings. The summed E-state index contributed by atoms with van der Waals surface area (Å²) in [5.74, 6) is 0.439. The molecule has 0 aromatic heterocycles. The van der Waals surface area contributed by atoms with Gasteiger partial charge in [-0.3, -0.25) is 9.59 Å². The molecule has 0 saturated carbocycles. The zero-order chi connectivity index (χ0) is 20.5. The minimum atomic E-state index is -0.953. The molecule has 0 aliphatic carbocycles. The predicted octanol–water partition coefficient (Wildman–Crippen LogP) is 1.75. The van der Waals surface area contributed by atoms with Crippen molar-refractivity contribution >= 4 is 17.5 Å². The highest BCUT2D eigenvalue weighted by molar-refractivity contribution is 6.04. The zero-order valence-corrected chi connectivity index (χ0v) is 17.3.